The zero-order chi connectivity index (χ0) is 18.4. The quantitative estimate of drug-likeness (QED) is 0.421. The first kappa shape index (κ1) is 18.1. The second-order valence-electron chi connectivity index (χ2n) is 4.76. The number of aromatic nitrogens is 6. The molecule has 3 heterocycles. The first-order chi connectivity index (χ1) is 11.9. The van der Waals surface area contributed by atoms with E-state index in [2.05, 4.69) is 25.3 Å². The third-order valence-electron chi connectivity index (χ3n) is 2.78. The van der Waals surface area contributed by atoms with Crippen LogP contribution in [0.25, 0.3) is 0 Å². The van der Waals surface area contributed by atoms with Crippen LogP contribution in [0.3, 0.4) is 0 Å². The Labute approximate surface area is 147 Å². The molecule has 3 rings (SSSR count). The van der Waals surface area contributed by atoms with Crippen LogP contribution in [-0.4, -0.2) is 41.1 Å². The lowest BCUT2D eigenvalue weighted by Gasteiger charge is -2.07. The summed E-state index contributed by atoms with van der Waals surface area (Å²) in [7, 11) is 5.10. The molecule has 1 N–H and O–H groups in total. The van der Waals surface area contributed by atoms with Crippen LogP contribution in [0.15, 0.2) is 31.2 Å². The van der Waals surface area contributed by atoms with Crippen molar-refractivity contribution in [3.05, 3.63) is 46.6 Å². The Morgan fingerprint density at radius 1 is 1.20 bits per heavy atom. The number of aryl methyl sites for hydroxylation is 2. The number of methoxy groups -OCH3 is 1. The highest BCUT2D eigenvalue weighted by Crippen LogP contribution is 2.24. The molecule has 0 atom stereocenters. The fourth-order valence-electron chi connectivity index (χ4n) is 1.68. The number of nitro groups is 1. The van der Waals surface area contributed by atoms with Crippen molar-refractivity contribution in [1.29, 1.82) is 0 Å². The van der Waals surface area contributed by atoms with Crippen molar-refractivity contribution in [3.8, 4) is 5.75 Å². The summed E-state index contributed by atoms with van der Waals surface area (Å²) < 4.78 is 8.44. The van der Waals surface area contributed by atoms with Crippen LogP contribution in [0.4, 0.5) is 17.5 Å². The Balaban J connectivity index is 0.000000212. The normalized spacial score (nSPS) is 9.92. The van der Waals surface area contributed by atoms with Gasteiger partial charge in [0, 0.05) is 20.3 Å². The molecule has 0 aliphatic heterocycles. The molecule has 0 aromatic carbocycles. The summed E-state index contributed by atoms with van der Waals surface area (Å²) in [6.45, 7) is 0. The van der Waals surface area contributed by atoms with Crippen LogP contribution in [0.5, 0.6) is 5.75 Å². The highest BCUT2D eigenvalue weighted by Gasteiger charge is 2.08. The van der Waals surface area contributed by atoms with Crippen molar-refractivity contribution in [2.45, 2.75) is 0 Å². The molecule has 0 aliphatic rings. The van der Waals surface area contributed by atoms with E-state index in [4.69, 9.17) is 16.3 Å². The molecule has 132 valence electrons. The van der Waals surface area contributed by atoms with E-state index in [1.807, 2.05) is 17.8 Å². The van der Waals surface area contributed by atoms with Crippen molar-refractivity contribution < 1.29 is 9.66 Å². The van der Waals surface area contributed by atoms with E-state index in [0.29, 0.717) is 17.4 Å². The molecule has 0 radical (unpaired) electrons. The maximum Gasteiger partial charge on any atom is 0.381 e. The Kier molecular flexibility index (Phi) is 5.84. The van der Waals surface area contributed by atoms with Gasteiger partial charge in [0.05, 0.1) is 19.6 Å². The molecule has 3 aromatic rings. The molecule has 25 heavy (non-hydrogen) atoms. The Morgan fingerprint density at radius 2 is 1.88 bits per heavy atom. The van der Waals surface area contributed by atoms with Crippen molar-refractivity contribution in [3.63, 3.8) is 0 Å². The Hall–Kier alpha value is -3.21. The van der Waals surface area contributed by atoms with Gasteiger partial charge in [0.2, 0.25) is 11.6 Å². The average Bonchev–Trinajstić information content (AvgIpc) is 3.17. The van der Waals surface area contributed by atoms with Gasteiger partial charge < -0.3 is 29.3 Å². The van der Waals surface area contributed by atoms with E-state index in [-0.39, 0.29) is 11.1 Å². The lowest BCUT2D eigenvalue weighted by Crippen LogP contribution is -1.99. The summed E-state index contributed by atoms with van der Waals surface area (Å²) >= 11 is 5.70. The number of halogens is 1. The van der Waals surface area contributed by atoms with Gasteiger partial charge in [-0.15, -0.1) is 0 Å². The lowest BCUT2D eigenvalue weighted by molar-refractivity contribution is -0.389. The number of hydrogen-bond acceptors (Lipinski definition) is 8. The third-order valence-corrected chi connectivity index (χ3v) is 2.96. The number of rotatable bonds is 4. The number of ether oxygens (including phenoxy) is 1. The molecule has 0 unspecified atom stereocenters. The number of nitrogens with one attached hydrogen (secondary N) is 1. The maximum atomic E-state index is 9.94. The van der Waals surface area contributed by atoms with Gasteiger partial charge in [0.15, 0.2) is 11.6 Å². The maximum absolute atomic E-state index is 9.94. The minimum atomic E-state index is -0.528. The fourth-order valence-corrected chi connectivity index (χ4v) is 1.81. The SMILES string of the molecule is COc1cnc(Cl)nc1Nc1cn(C)cn1.Cn1cnc([N+](=O)[O-])c1. The first-order valence-electron chi connectivity index (χ1n) is 6.83. The summed E-state index contributed by atoms with van der Waals surface area (Å²) in [5, 5.41) is 13.1. The van der Waals surface area contributed by atoms with Crippen LogP contribution in [0, 0.1) is 10.1 Å². The summed E-state index contributed by atoms with van der Waals surface area (Å²) in [6, 6.07) is 0. The van der Waals surface area contributed by atoms with E-state index >= 15 is 0 Å². The van der Waals surface area contributed by atoms with Crippen molar-refractivity contribution in [2.24, 2.45) is 14.1 Å². The smallest absolute Gasteiger partial charge is 0.381 e. The highest BCUT2D eigenvalue weighted by atomic mass is 35.5. The number of imidazole rings is 2. The molecular formula is C13H15ClN8O3. The van der Waals surface area contributed by atoms with Crippen LogP contribution in [-0.2, 0) is 14.1 Å². The topological polar surface area (TPSA) is 126 Å². The van der Waals surface area contributed by atoms with Gasteiger partial charge in [-0.2, -0.15) is 4.98 Å². The zero-order valence-electron chi connectivity index (χ0n) is 13.6. The van der Waals surface area contributed by atoms with Crippen molar-refractivity contribution in [1.82, 2.24) is 29.1 Å². The molecule has 0 saturated carbocycles. The summed E-state index contributed by atoms with van der Waals surface area (Å²) in [4.78, 5) is 24.8. The fraction of sp³-hybridized carbons (Fsp3) is 0.231. The molecule has 0 aliphatic carbocycles. The van der Waals surface area contributed by atoms with Crippen LogP contribution >= 0.6 is 11.6 Å². The molecule has 0 bridgehead atoms. The van der Waals surface area contributed by atoms with Gasteiger partial charge in [0.25, 0.3) is 0 Å². The number of nitrogens with zero attached hydrogens (tertiary/aromatic N) is 7. The summed E-state index contributed by atoms with van der Waals surface area (Å²) in [5.74, 6) is 1.55. The second-order valence-corrected chi connectivity index (χ2v) is 5.10. The molecule has 0 amide bonds. The Morgan fingerprint density at radius 3 is 2.36 bits per heavy atom. The third kappa shape index (κ3) is 5.14. The molecule has 0 saturated heterocycles. The first-order valence-corrected chi connectivity index (χ1v) is 7.20. The average molecular weight is 367 g/mol. The van der Waals surface area contributed by atoms with Gasteiger partial charge in [-0.1, -0.05) is 0 Å². The van der Waals surface area contributed by atoms with Crippen LogP contribution in [0.2, 0.25) is 5.28 Å². The predicted molar refractivity (Wildman–Crippen MR) is 89.9 cm³/mol. The highest BCUT2D eigenvalue weighted by molar-refractivity contribution is 6.28. The Bertz CT molecular complexity index is 863. The number of hydrogen-bond donors (Lipinski definition) is 1. The van der Waals surface area contributed by atoms with Crippen LogP contribution < -0.4 is 10.1 Å². The van der Waals surface area contributed by atoms with Gasteiger partial charge in [-0.05, 0) is 21.5 Å². The standard InChI is InChI=1S/C9H10ClN5O.C4H5N3O2/c1-15-4-7(12-5-15)13-8-6(16-2)3-11-9(10)14-8;1-6-2-4(5-3-6)7(8)9/h3-5H,1-2H3,(H,11,13,14);2-3H,1H3. The molecule has 3 aromatic heterocycles. The monoisotopic (exact) mass is 366 g/mol. The predicted octanol–water partition coefficient (Wildman–Crippen LogP) is 1.94. The van der Waals surface area contributed by atoms with E-state index in [1.165, 1.54) is 30.4 Å². The van der Waals surface area contributed by atoms with Crippen LogP contribution in [0.1, 0.15) is 0 Å². The molecule has 11 nitrogen and oxygen atoms in total. The van der Waals surface area contributed by atoms with Gasteiger partial charge in [0.1, 0.15) is 12.0 Å². The van der Waals surface area contributed by atoms with E-state index in [9.17, 15) is 10.1 Å². The minimum Gasteiger partial charge on any atom is -0.491 e. The lowest BCUT2D eigenvalue weighted by atomic mass is 10.5. The zero-order valence-corrected chi connectivity index (χ0v) is 14.4. The van der Waals surface area contributed by atoms with Gasteiger partial charge in [-0.25, -0.2) is 9.97 Å². The second kappa shape index (κ2) is 8.06. The van der Waals surface area contributed by atoms with E-state index < -0.39 is 4.92 Å². The largest absolute Gasteiger partial charge is 0.491 e. The van der Waals surface area contributed by atoms with Crippen molar-refractivity contribution >= 4 is 29.1 Å². The minimum absolute atomic E-state index is 0.113. The molecular weight excluding hydrogens is 352 g/mol. The van der Waals surface area contributed by atoms with E-state index in [0.717, 1.165) is 0 Å². The molecule has 0 spiro atoms. The molecule has 0 fully saturated rings. The molecule has 12 heteroatoms. The van der Waals surface area contributed by atoms with Gasteiger partial charge in [-0.3, -0.25) is 0 Å². The van der Waals surface area contributed by atoms with E-state index in [1.54, 1.807) is 13.4 Å². The summed E-state index contributed by atoms with van der Waals surface area (Å²) in [6.07, 6.45) is 7.73. The summed E-state index contributed by atoms with van der Waals surface area (Å²) in [5.41, 5.74) is 0. The van der Waals surface area contributed by atoms with Crippen molar-refractivity contribution in [2.75, 3.05) is 12.4 Å². The number of anilines is 2. The van der Waals surface area contributed by atoms with Gasteiger partial charge >= 0.3 is 5.82 Å².